The van der Waals surface area contributed by atoms with E-state index in [1.807, 2.05) is 44.3 Å². The minimum atomic E-state index is -1.45. The van der Waals surface area contributed by atoms with Crippen LogP contribution in [0.15, 0.2) is 30.5 Å². The Morgan fingerprint density at radius 1 is 1.17 bits per heavy atom. The molecule has 3 rings (SSSR count). The largest absolute Gasteiger partial charge is 0.480 e. The molecule has 11 heteroatoms. The Labute approximate surface area is 209 Å². The molecule has 0 saturated carbocycles. The Bertz CT molecular complexity index is 1100. The Hall–Kier alpha value is -3.44. The summed E-state index contributed by atoms with van der Waals surface area (Å²) in [6.45, 7) is 3.39. The number of H-pyrrole nitrogens is 1. The number of carboxylic acid groups (broad SMARTS) is 1. The van der Waals surface area contributed by atoms with Crippen molar-refractivity contribution in [1.82, 2.24) is 20.5 Å². The first-order valence-corrected chi connectivity index (χ1v) is 12.2. The molecule has 2 heterocycles. The van der Waals surface area contributed by atoms with Gasteiger partial charge in [0.1, 0.15) is 18.1 Å². The first kappa shape index (κ1) is 27.2. The second kappa shape index (κ2) is 12.0. The van der Waals surface area contributed by atoms with Crippen molar-refractivity contribution in [2.75, 3.05) is 13.2 Å². The molecular weight excluding hydrogens is 466 g/mol. The fourth-order valence-electron chi connectivity index (χ4n) is 4.56. The lowest BCUT2D eigenvalue weighted by Crippen LogP contribution is -2.57. The van der Waals surface area contributed by atoms with Crippen LogP contribution in [0.4, 0.5) is 0 Å². The van der Waals surface area contributed by atoms with E-state index in [1.54, 1.807) is 0 Å². The first-order chi connectivity index (χ1) is 17.1. The van der Waals surface area contributed by atoms with Crippen LogP contribution in [0.1, 0.15) is 38.7 Å². The SMILES string of the molecule is CC(C)CC(NC(=O)C(N)Cc1c[nH]c2ccccc12)C(=O)N1CCCC1C(=O)NC(CO)C(=O)O. The van der Waals surface area contributed by atoms with E-state index in [9.17, 15) is 24.3 Å². The summed E-state index contributed by atoms with van der Waals surface area (Å²) in [6, 6.07) is 3.60. The average molecular weight is 502 g/mol. The molecular formula is C25H35N5O6. The number of carbonyl (C=O) groups is 4. The minimum absolute atomic E-state index is 0.0738. The lowest BCUT2D eigenvalue weighted by Gasteiger charge is -2.30. The maximum Gasteiger partial charge on any atom is 0.328 e. The molecule has 1 saturated heterocycles. The number of nitrogens with one attached hydrogen (secondary N) is 3. The number of benzene rings is 1. The van der Waals surface area contributed by atoms with Crippen molar-refractivity contribution in [3.8, 4) is 0 Å². The van der Waals surface area contributed by atoms with E-state index in [4.69, 9.17) is 10.8 Å². The van der Waals surface area contributed by atoms with Crippen LogP contribution in [-0.4, -0.2) is 81.1 Å². The van der Waals surface area contributed by atoms with Crippen LogP contribution in [0.25, 0.3) is 10.9 Å². The van der Waals surface area contributed by atoms with Crippen molar-refractivity contribution < 1.29 is 29.4 Å². The Morgan fingerprint density at radius 3 is 2.56 bits per heavy atom. The molecule has 0 radical (unpaired) electrons. The topological polar surface area (TPSA) is 178 Å². The lowest BCUT2D eigenvalue weighted by atomic mass is 10.0. The standard InChI is InChI=1S/C25H35N5O6/c1-14(2)10-19(24(34)30-9-5-8-21(30)23(33)29-20(13-31)25(35)36)28-22(32)17(26)11-15-12-27-18-7-4-3-6-16(15)18/h3-4,6-7,12,14,17,19-21,27,31H,5,8-11,13,26H2,1-2H3,(H,28,32)(H,29,33)(H,35,36). The zero-order valence-corrected chi connectivity index (χ0v) is 20.6. The minimum Gasteiger partial charge on any atom is -0.480 e. The van der Waals surface area contributed by atoms with Crippen LogP contribution in [0.2, 0.25) is 0 Å². The first-order valence-electron chi connectivity index (χ1n) is 12.2. The normalized spacial score (nSPS) is 18.1. The van der Waals surface area contributed by atoms with E-state index in [-0.39, 0.29) is 12.3 Å². The average Bonchev–Trinajstić information content (AvgIpc) is 3.48. The number of aliphatic hydroxyl groups excluding tert-OH is 1. The van der Waals surface area contributed by atoms with Gasteiger partial charge in [-0.05, 0) is 43.2 Å². The predicted octanol–water partition coefficient (Wildman–Crippen LogP) is 0.121. The Kier molecular flexibility index (Phi) is 9.05. The molecule has 2 aromatic rings. The summed E-state index contributed by atoms with van der Waals surface area (Å²) in [5.74, 6) is -2.82. The molecule has 11 nitrogen and oxygen atoms in total. The number of nitrogens with two attached hydrogens (primary N) is 1. The van der Waals surface area contributed by atoms with E-state index < -0.39 is 54.5 Å². The molecule has 0 bridgehead atoms. The lowest BCUT2D eigenvalue weighted by molar-refractivity contribution is -0.145. The molecule has 0 aliphatic carbocycles. The highest BCUT2D eigenvalue weighted by atomic mass is 16.4. The Balaban J connectivity index is 1.69. The number of amides is 3. The van der Waals surface area contributed by atoms with Gasteiger partial charge in [-0.1, -0.05) is 32.0 Å². The third-order valence-electron chi connectivity index (χ3n) is 6.41. The summed E-state index contributed by atoms with van der Waals surface area (Å²) in [6.07, 6.45) is 3.37. The molecule has 4 unspecified atom stereocenters. The van der Waals surface area contributed by atoms with Crippen molar-refractivity contribution in [1.29, 1.82) is 0 Å². The molecule has 7 N–H and O–H groups in total. The number of aliphatic carboxylic acids is 1. The summed E-state index contributed by atoms with van der Waals surface area (Å²) in [5, 5.41) is 24.4. The van der Waals surface area contributed by atoms with Gasteiger partial charge in [-0.3, -0.25) is 14.4 Å². The second-order valence-electron chi connectivity index (χ2n) is 9.63. The number of carboxylic acids is 1. The van der Waals surface area contributed by atoms with Gasteiger partial charge in [0.15, 0.2) is 0 Å². The quantitative estimate of drug-likeness (QED) is 0.253. The van der Waals surface area contributed by atoms with E-state index in [1.165, 1.54) is 4.90 Å². The molecule has 1 aromatic heterocycles. The zero-order valence-electron chi connectivity index (χ0n) is 20.6. The highest BCUT2D eigenvalue weighted by Crippen LogP contribution is 2.22. The summed E-state index contributed by atoms with van der Waals surface area (Å²) >= 11 is 0. The Morgan fingerprint density at radius 2 is 1.89 bits per heavy atom. The number of nitrogens with zero attached hydrogens (tertiary/aromatic N) is 1. The van der Waals surface area contributed by atoms with Crippen molar-refractivity contribution in [2.24, 2.45) is 11.7 Å². The molecule has 36 heavy (non-hydrogen) atoms. The fourth-order valence-corrected chi connectivity index (χ4v) is 4.56. The van der Waals surface area contributed by atoms with Gasteiger partial charge in [0.25, 0.3) is 0 Å². The molecule has 0 spiro atoms. The van der Waals surface area contributed by atoms with Crippen LogP contribution < -0.4 is 16.4 Å². The van der Waals surface area contributed by atoms with Gasteiger partial charge < -0.3 is 36.5 Å². The smallest absolute Gasteiger partial charge is 0.328 e. The molecule has 3 amide bonds. The van der Waals surface area contributed by atoms with Gasteiger partial charge in [0.2, 0.25) is 17.7 Å². The molecule has 1 aliphatic heterocycles. The molecule has 196 valence electrons. The maximum atomic E-state index is 13.5. The van der Waals surface area contributed by atoms with Gasteiger partial charge in [0, 0.05) is 23.6 Å². The summed E-state index contributed by atoms with van der Waals surface area (Å²) < 4.78 is 0. The number of hydrogen-bond acceptors (Lipinski definition) is 6. The molecule has 4 atom stereocenters. The molecule has 1 aliphatic rings. The zero-order chi connectivity index (χ0) is 26.4. The fraction of sp³-hybridized carbons (Fsp3) is 0.520. The van der Waals surface area contributed by atoms with Gasteiger partial charge in [-0.25, -0.2) is 4.79 Å². The van der Waals surface area contributed by atoms with Crippen LogP contribution in [0.3, 0.4) is 0 Å². The van der Waals surface area contributed by atoms with Crippen LogP contribution >= 0.6 is 0 Å². The second-order valence-corrected chi connectivity index (χ2v) is 9.63. The van der Waals surface area contributed by atoms with E-state index in [0.29, 0.717) is 25.8 Å². The third-order valence-corrected chi connectivity index (χ3v) is 6.41. The highest BCUT2D eigenvalue weighted by Gasteiger charge is 2.39. The number of hydrogen-bond donors (Lipinski definition) is 6. The number of aliphatic hydroxyl groups is 1. The van der Waals surface area contributed by atoms with Gasteiger partial charge in [0.05, 0.1) is 12.6 Å². The van der Waals surface area contributed by atoms with Crippen molar-refractivity contribution in [2.45, 2.75) is 63.7 Å². The maximum absolute atomic E-state index is 13.5. The number of aromatic amines is 1. The summed E-state index contributed by atoms with van der Waals surface area (Å²) in [4.78, 5) is 54.9. The van der Waals surface area contributed by atoms with E-state index >= 15 is 0 Å². The molecule has 1 aromatic carbocycles. The number of para-hydroxylation sites is 1. The number of aromatic nitrogens is 1. The van der Waals surface area contributed by atoms with Gasteiger partial charge in [-0.2, -0.15) is 0 Å². The number of carbonyl (C=O) groups excluding carboxylic acids is 3. The van der Waals surface area contributed by atoms with Gasteiger partial charge >= 0.3 is 5.97 Å². The van der Waals surface area contributed by atoms with Gasteiger partial charge in [-0.15, -0.1) is 0 Å². The van der Waals surface area contributed by atoms with E-state index in [0.717, 1.165) is 16.5 Å². The number of likely N-dealkylation sites (tertiary alicyclic amines) is 1. The van der Waals surface area contributed by atoms with Crippen LogP contribution in [-0.2, 0) is 25.6 Å². The van der Waals surface area contributed by atoms with Crippen LogP contribution in [0, 0.1) is 5.92 Å². The van der Waals surface area contributed by atoms with Crippen molar-refractivity contribution in [3.63, 3.8) is 0 Å². The number of rotatable bonds is 11. The summed E-state index contributed by atoms with van der Waals surface area (Å²) in [7, 11) is 0. The van der Waals surface area contributed by atoms with E-state index in [2.05, 4.69) is 15.6 Å². The third kappa shape index (κ3) is 6.41. The van der Waals surface area contributed by atoms with Crippen molar-refractivity contribution in [3.05, 3.63) is 36.0 Å². The van der Waals surface area contributed by atoms with Crippen LogP contribution in [0.5, 0.6) is 0 Å². The molecule has 1 fully saturated rings. The number of fused-ring (bicyclic) bond motifs is 1. The monoisotopic (exact) mass is 501 g/mol. The summed E-state index contributed by atoms with van der Waals surface area (Å²) in [5.41, 5.74) is 8.05. The van der Waals surface area contributed by atoms with Crippen molar-refractivity contribution >= 4 is 34.6 Å². The highest BCUT2D eigenvalue weighted by molar-refractivity contribution is 5.94. The predicted molar refractivity (Wildman–Crippen MR) is 133 cm³/mol.